The SMILES string of the molecule is O=C(OCC(=O)N1CCN(S(=O)(=O)c2ccccc2)CC1)C1CC1. The van der Waals surface area contributed by atoms with Crippen LogP contribution in [0.5, 0.6) is 0 Å². The molecule has 130 valence electrons. The molecule has 1 saturated carbocycles. The maximum absolute atomic E-state index is 12.5. The Kier molecular flexibility index (Phi) is 4.86. The summed E-state index contributed by atoms with van der Waals surface area (Å²) in [6.45, 7) is 0.803. The van der Waals surface area contributed by atoms with E-state index in [4.69, 9.17) is 4.74 Å². The maximum atomic E-state index is 12.5. The van der Waals surface area contributed by atoms with Crippen LogP contribution >= 0.6 is 0 Å². The van der Waals surface area contributed by atoms with Crippen LogP contribution in [0.2, 0.25) is 0 Å². The summed E-state index contributed by atoms with van der Waals surface area (Å²) < 4.78 is 31.4. The van der Waals surface area contributed by atoms with E-state index >= 15 is 0 Å². The molecule has 0 atom stereocenters. The molecule has 2 fully saturated rings. The summed E-state index contributed by atoms with van der Waals surface area (Å²) >= 11 is 0. The largest absolute Gasteiger partial charge is 0.455 e. The van der Waals surface area contributed by atoms with Crippen molar-refractivity contribution in [3.05, 3.63) is 30.3 Å². The molecule has 1 amide bonds. The Morgan fingerprint density at radius 3 is 2.25 bits per heavy atom. The zero-order valence-corrected chi connectivity index (χ0v) is 14.1. The van der Waals surface area contributed by atoms with E-state index in [1.165, 1.54) is 9.21 Å². The third kappa shape index (κ3) is 3.76. The number of ether oxygens (including phenoxy) is 1. The summed E-state index contributed by atoms with van der Waals surface area (Å²) in [4.78, 5) is 25.3. The van der Waals surface area contributed by atoms with E-state index in [-0.39, 0.29) is 42.4 Å². The van der Waals surface area contributed by atoms with Crippen molar-refractivity contribution in [2.24, 2.45) is 5.92 Å². The Morgan fingerprint density at radius 1 is 1.04 bits per heavy atom. The molecule has 1 aliphatic heterocycles. The van der Waals surface area contributed by atoms with Gasteiger partial charge in [0.05, 0.1) is 10.8 Å². The summed E-state index contributed by atoms with van der Waals surface area (Å²) in [5, 5.41) is 0. The van der Waals surface area contributed by atoms with Crippen LogP contribution in [-0.2, 0) is 24.3 Å². The molecule has 24 heavy (non-hydrogen) atoms. The number of piperazine rings is 1. The highest BCUT2D eigenvalue weighted by Gasteiger charge is 2.33. The molecule has 1 aliphatic carbocycles. The fourth-order valence-corrected chi connectivity index (χ4v) is 4.02. The number of nitrogens with zero attached hydrogens (tertiary/aromatic N) is 2. The number of hydrogen-bond donors (Lipinski definition) is 0. The lowest BCUT2D eigenvalue weighted by atomic mass is 10.3. The quantitative estimate of drug-likeness (QED) is 0.720. The fraction of sp³-hybridized carbons (Fsp3) is 0.500. The lowest BCUT2D eigenvalue weighted by Gasteiger charge is -2.33. The van der Waals surface area contributed by atoms with Crippen molar-refractivity contribution in [1.82, 2.24) is 9.21 Å². The molecule has 0 radical (unpaired) electrons. The van der Waals surface area contributed by atoms with Gasteiger partial charge >= 0.3 is 5.97 Å². The first kappa shape index (κ1) is 16.9. The zero-order chi connectivity index (χ0) is 17.2. The van der Waals surface area contributed by atoms with Crippen LogP contribution < -0.4 is 0 Å². The molecule has 2 aliphatic rings. The average molecular weight is 352 g/mol. The number of rotatable bonds is 5. The van der Waals surface area contributed by atoms with Gasteiger partial charge in [0.15, 0.2) is 6.61 Å². The van der Waals surface area contributed by atoms with Crippen LogP contribution in [0.3, 0.4) is 0 Å². The van der Waals surface area contributed by atoms with Crippen molar-refractivity contribution in [1.29, 1.82) is 0 Å². The van der Waals surface area contributed by atoms with Crippen LogP contribution in [-0.4, -0.2) is 62.3 Å². The summed E-state index contributed by atoms with van der Waals surface area (Å²) in [6, 6.07) is 8.24. The molecule has 0 aromatic heterocycles. The first-order valence-corrected chi connectivity index (χ1v) is 9.42. The third-order valence-electron chi connectivity index (χ3n) is 4.22. The molecular formula is C16H20N2O5S. The first-order chi connectivity index (χ1) is 11.5. The zero-order valence-electron chi connectivity index (χ0n) is 13.3. The number of carbonyl (C=O) groups excluding carboxylic acids is 2. The van der Waals surface area contributed by atoms with Crippen molar-refractivity contribution < 1.29 is 22.7 Å². The Hall–Kier alpha value is -1.93. The lowest BCUT2D eigenvalue weighted by molar-refractivity contribution is -0.153. The van der Waals surface area contributed by atoms with Gasteiger partial charge in [-0.1, -0.05) is 18.2 Å². The van der Waals surface area contributed by atoms with Gasteiger partial charge < -0.3 is 9.64 Å². The molecule has 1 aromatic rings. The van der Waals surface area contributed by atoms with E-state index in [9.17, 15) is 18.0 Å². The number of carbonyl (C=O) groups is 2. The van der Waals surface area contributed by atoms with Gasteiger partial charge in [-0.2, -0.15) is 4.31 Å². The molecule has 8 heteroatoms. The van der Waals surface area contributed by atoms with E-state index in [2.05, 4.69) is 0 Å². The second-order valence-electron chi connectivity index (χ2n) is 5.98. The number of amides is 1. The second-order valence-corrected chi connectivity index (χ2v) is 7.92. The van der Waals surface area contributed by atoms with Gasteiger partial charge in [-0.3, -0.25) is 9.59 Å². The molecule has 7 nitrogen and oxygen atoms in total. The number of esters is 1. The van der Waals surface area contributed by atoms with Gasteiger partial charge in [-0.15, -0.1) is 0 Å². The third-order valence-corrected chi connectivity index (χ3v) is 6.13. The highest BCUT2D eigenvalue weighted by molar-refractivity contribution is 7.89. The number of benzene rings is 1. The second kappa shape index (κ2) is 6.90. The van der Waals surface area contributed by atoms with E-state index in [0.29, 0.717) is 13.1 Å². The Bertz CT molecular complexity index is 707. The molecule has 3 rings (SSSR count). The molecule has 0 bridgehead atoms. The van der Waals surface area contributed by atoms with Crippen LogP contribution in [0.25, 0.3) is 0 Å². The Labute approximate surface area is 141 Å². The maximum Gasteiger partial charge on any atom is 0.309 e. The first-order valence-electron chi connectivity index (χ1n) is 7.98. The monoisotopic (exact) mass is 352 g/mol. The summed E-state index contributed by atoms with van der Waals surface area (Å²) in [5.74, 6) is -0.625. The molecule has 0 spiro atoms. The van der Waals surface area contributed by atoms with Crippen molar-refractivity contribution in [2.75, 3.05) is 32.8 Å². The number of hydrogen-bond acceptors (Lipinski definition) is 5. The molecular weight excluding hydrogens is 332 g/mol. The topological polar surface area (TPSA) is 84.0 Å². The minimum Gasteiger partial charge on any atom is -0.455 e. The minimum absolute atomic E-state index is 0.0364. The van der Waals surface area contributed by atoms with E-state index < -0.39 is 10.0 Å². The van der Waals surface area contributed by atoms with Gasteiger partial charge in [0.2, 0.25) is 10.0 Å². The predicted octanol–water partition coefficient (Wildman–Crippen LogP) is 0.473. The molecule has 1 aromatic carbocycles. The van der Waals surface area contributed by atoms with Crippen molar-refractivity contribution >= 4 is 21.9 Å². The van der Waals surface area contributed by atoms with Crippen LogP contribution in [0.15, 0.2) is 35.2 Å². The number of sulfonamides is 1. The van der Waals surface area contributed by atoms with E-state index in [0.717, 1.165) is 12.8 Å². The van der Waals surface area contributed by atoms with Crippen LogP contribution in [0.4, 0.5) is 0 Å². The Morgan fingerprint density at radius 2 is 1.67 bits per heavy atom. The molecule has 0 N–H and O–H groups in total. The van der Waals surface area contributed by atoms with Gasteiger partial charge in [-0.05, 0) is 25.0 Å². The summed E-state index contributed by atoms with van der Waals surface area (Å²) in [5.41, 5.74) is 0. The lowest BCUT2D eigenvalue weighted by Crippen LogP contribution is -2.51. The smallest absolute Gasteiger partial charge is 0.309 e. The van der Waals surface area contributed by atoms with Crippen LogP contribution in [0, 0.1) is 5.92 Å². The van der Waals surface area contributed by atoms with Crippen LogP contribution in [0.1, 0.15) is 12.8 Å². The standard InChI is InChI=1S/C16H20N2O5S/c19-15(12-23-16(20)13-6-7-13)17-8-10-18(11-9-17)24(21,22)14-4-2-1-3-5-14/h1-5,13H,6-12H2. The summed E-state index contributed by atoms with van der Waals surface area (Å²) in [6.07, 6.45) is 1.67. The Balaban J connectivity index is 1.51. The summed E-state index contributed by atoms with van der Waals surface area (Å²) in [7, 11) is -3.53. The van der Waals surface area contributed by atoms with E-state index in [1.54, 1.807) is 30.3 Å². The molecule has 0 unspecified atom stereocenters. The molecule has 1 heterocycles. The van der Waals surface area contributed by atoms with Crippen molar-refractivity contribution in [3.63, 3.8) is 0 Å². The van der Waals surface area contributed by atoms with Gasteiger partial charge in [0.1, 0.15) is 0 Å². The minimum atomic E-state index is -3.53. The highest BCUT2D eigenvalue weighted by Crippen LogP contribution is 2.30. The van der Waals surface area contributed by atoms with Crippen molar-refractivity contribution in [2.45, 2.75) is 17.7 Å². The van der Waals surface area contributed by atoms with Crippen molar-refractivity contribution in [3.8, 4) is 0 Å². The van der Waals surface area contributed by atoms with Gasteiger partial charge in [0, 0.05) is 26.2 Å². The molecule has 1 saturated heterocycles. The van der Waals surface area contributed by atoms with Gasteiger partial charge in [0.25, 0.3) is 5.91 Å². The predicted molar refractivity (Wildman–Crippen MR) is 85.5 cm³/mol. The van der Waals surface area contributed by atoms with Gasteiger partial charge in [-0.25, -0.2) is 8.42 Å². The highest BCUT2D eigenvalue weighted by atomic mass is 32.2. The normalized spacial score (nSPS) is 19.1. The van der Waals surface area contributed by atoms with E-state index in [1.807, 2.05) is 0 Å². The fourth-order valence-electron chi connectivity index (χ4n) is 2.58. The average Bonchev–Trinajstić information content (AvgIpc) is 3.45.